The summed E-state index contributed by atoms with van der Waals surface area (Å²) in [6, 6.07) is 0. The third-order valence-corrected chi connectivity index (χ3v) is 3.61. The van der Waals surface area contributed by atoms with Crippen molar-refractivity contribution in [2.45, 2.75) is 51.2 Å². The zero-order valence-corrected chi connectivity index (χ0v) is 10.1. The summed E-state index contributed by atoms with van der Waals surface area (Å²) >= 11 is 0. The maximum absolute atomic E-state index is 5.81. The van der Waals surface area contributed by atoms with Gasteiger partial charge in [-0.3, -0.25) is 0 Å². The van der Waals surface area contributed by atoms with E-state index in [1.54, 1.807) is 0 Å². The molecule has 0 bridgehead atoms. The Morgan fingerprint density at radius 1 is 1.29 bits per heavy atom. The first-order valence-electron chi connectivity index (χ1n) is 6.29. The summed E-state index contributed by atoms with van der Waals surface area (Å²) in [5.74, 6) is 7.11. The summed E-state index contributed by atoms with van der Waals surface area (Å²) < 4.78 is 5.81. The van der Waals surface area contributed by atoms with E-state index in [2.05, 4.69) is 22.3 Å². The lowest BCUT2D eigenvalue weighted by molar-refractivity contribution is 0.0502. The van der Waals surface area contributed by atoms with Gasteiger partial charge in [0.25, 0.3) is 0 Å². The summed E-state index contributed by atoms with van der Waals surface area (Å²) in [5, 5.41) is 0. The van der Waals surface area contributed by atoms with Crippen molar-refractivity contribution in [3.8, 4) is 0 Å². The average Bonchev–Trinajstić information content (AvgIpc) is 2.95. The van der Waals surface area contributed by atoms with Gasteiger partial charge in [-0.25, -0.2) is 15.8 Å². The molecule has 0 saturated carbocycles. The fourth-order valence-electron chi connectivity index (χ4n) is 2.71. The van der Waals surface area contributed by atoms with Crippen LogP contribution in [0.5, 0.6) is 0 Å². The summed E-state index contributed by atoms with van der Waals surface area (Å²) in [5.41, 5.74) is 5.02. The van der Waals surface area contributed by atoms with Gasteiger partial charge in [0.15, 0.2) is 5.82 Å². The normalized spacial score (nSPS) is 27.2. The number of aromatic nitrogens is 2. The molecule has 3 rings (SSSR count). The molecule has 17 heavy (non-hydrogen) atoms. The highest BCUT2D eigenvalue weighted by atomic mass is 16.5. The molecule has 92 valence electrons. The lowest BCUT2D eigenvalue weighted by Gasteiger charge is -2.13. The maximum Gasteiger partial charge on any atom is 0.159 e. The van der Waals surface area contributed by atoms with E-state index in [9.17, 15) is 0 Å². The monoisotopic (exact) mass is 234 g/mol. The van der Waals surface area contributed by atoms with Gasteiger partial charge >= 0.3 is 0 Å². The van der Waals surface area contributed by atoms with E-state index in [1.165, 1.54) is 5.56 Å². The number of rotatable bonds is 2. The van der Waals surface area contributed by atoms with Crippen molar-refractivity contribution in [3.63, 3.8) is 0 Å². The van der Waals surface area contributed by atoms with E-state index in [4.69, 9.17) is 10.6 Å². The van der Waals surface area contributed by atoms with Gasteiger partial charge in [-0.15, -0.1) is 0 Å². The Bertz CT molecular complexity index is 435. The lowest BCUT2D eigenvalue weighted by atomic mass is 10.2. The van der Waals surface area contributed by atoms with Gasteiger partial charge in [-0.2, -0.15) is 0 Å². The van der Waals surface area contributed by atoms with Crippen molar-refractivity contribution in [2.75, 3.05) is 5.43 Å². The molecule has 5 nitrogen and oxygen atoms in total. The molecule has 1 fully saturated rings. The van der Waals surface area contributed by atoms with Gasteiger partial charge in [-0.05, 0) is 39.0 Å². The number of hydrogen-bond donors (Lipinski definition) is 2. The average molecular weight is 234 g/mol. The molecule has 1 aliphatic carbocycles. The molecule has 3 N–H and O–H groups in total. The predicted molar refractivity (Wildman–Crippen MR) is 64.4 cm³/mol. The zero-order chi connectivity index (χ0) is 11.8. The van der Waals surface area contributed by atoms with Gasteiger partial charge in [0.2, 0.25) is 0 Å². The number of fused-ring (bicyclic) bond motifs is 1. The van der Waals surface area contributed by atoms with Crippen LogP contribution in [-0.4, -0.2) is 16.1 Å². The van der Waals surface area contributed by atoms with Crippen molar-refractivity contribution in [1.82, 2.24) is 9.97 Å². The molecular weight excluding hydrogens is 216 g/mol. The smallest absolute Gasteiger partial charge is 0.159 e. The Kier molecular flexibility index (Phi) is 2.72. The van der Waals surface area contributed by atoms with Crippen LogP contribution in [0.2, 0.25) is 0 Å². The molecule has 0 radical (unpaired) electrons. The minimum Gasteiger partial charge on any atom is -0.367 e. The summed E-state index contributed by atoms with van der Waals surface area (Å²) in [6.45, 7) is 2.09. The van der Waals surface area contributed by atoms with Crippen molar-refractivity contribution < 1.29 is 4.74 Å². The van der Waals surface area contributed by atoms with E-state index >= 15 is 0 Å². The first-order valence-corrected chi connectivity index (χ1v) is 6.29. The van der Waals surface area contributed by atoms with Gasteiger partial charge in [-0.1, -0.05) is 0 Å². The van der Waals surface area contributed by atoms with Gasteiger partial charge < -0.3 is 10.2 Å². The molecule has 0 aromatic carbocycles. The summed E-state index contributed by atoms with van der Waals surface area (Å²) in [7, 11) is 0. The molecule has 2 aliphatic rings. The lowest BCUT2D eigenvalue weighted by Crippen LogP contribution is -2.15. The molecule has 1 saturated heterocycles. The van der Waals surface area contributed by atoms with Crippen LogP contribution in [0.25, 0.3) is 0 Å². The van der Waals surface area contributed by atoms with E-state index < -0.39 is 0 Å². The van der Waals surface area contributed by atoms with Crippen LogP contribution in [0, 0.1) is 0 Å². The van der Waals surface area contributed by atoms with Crippen LogP contribution in [0.1, 0.15) is 49.4 Å². The Hall–Kier alpha value is -1.20. The number of anilines is 1. The first-order chi connectivity index (χ1) is 8.28. The van der Waals surface area contributed by atoms with Crippen molar-refractivity contribution in [1.29, 1.82) is 0 Å². The van der Waals surface area contributed by atoms with Crippen LogP contribution in [0.3, 0.4) is 0 Å². The Morgan fingerprint density at radius 2 is 2.18 bits per heavy atom. The maximum atomic E-state index is 5.81. The van der Waals surface area contributed by atoms with Crippen molar-refractivity contribution >= 4 is 5.82 Å². The molecule has 0 spiro atoms. The molecule has 2 unspecified atom stereocenters. The SMILES string of the molecule is CC1CCC(c2nc3c(c(NN)n2)CCC3)O1. The minimum atomic E-state index is 0.0444. The molecular formula is C12H18N4O. The zero-order valence-electron chi connectivity index (χ0n) is 10.1. The first kappa shape index (κ1) is 10.9. The molecule has 0 amide bonds. The number of ether oxygens (including phenoxy) is 1. The Morgan fingerprint density at radius 3 is 2.88 bits per heavy atom. The van der Waals surface area contributed by atoms with Crippen LogP contribution in [0.15, 0.2) is 0 Å². The second-order valence-electron chi connectivity index (χ2n) is 4.87. The molecule has 1 aliphatic heterocycles. The molecule has 5 heteroatoms. The van der Waals surface area contributed by atoms with Crippen LogP contribution >= 0.6 is 0 Å². The highest BCUT2D eigenvalue weighted by Crippen LogP contribution is 2.33. The van der Waals surface area contributed by atoms with E-state index in [1.807, 2.05) is 0 Å². The summed E-state index contributed by atoms with van der Waals surface area (Å²) in [6.07, 6.45) is 5.64. The van der Waals surface area contributed by atoms with E-state index in [0.717, 1.165) is 49.4 Å². The van der Waals surface area contributed by atoms with Gasteiger partial charge in [0.1, 0.15) is 11.9 Å². The number of nitrogen functional groups attached to an aromatic ring is 1. The minimum absolute atomic E-state index is 0.0444. The summed E-state index contributed by atoms with van der Waals surface area (Å²) in [4.78, 5) is 9.15. The number of nitrogens with one attached hydrogen (secondary N) is 1. The highest BCUT2D eigenvalue weighted by molar-refractivity contribution is 5.48. The quantitative estimate of drug-likeness (QED) is 0.599. The largest absolute Gasteiger partial charge is 0.367 e. The third-order valence-electron chi connectivity index (χ3n) is 3.61. The molecule has 2 atom stereocenters. The number of aryl methyl sites for hydroxylation is 1. The molecule has 1 aromatic heterocycles. The molecule has 1 aromatic rings. The fraction of sp³-hybridized carbons (Fsp3) is 0.667. The van der Waals surface area contributed by atoms with Gasteiger partial charge in [0, 0.05) is 11.3 Å². The Balaban J connectivity index is 1.95. The predicted octanol–water partition coefficient (Wildman–Crippen LogP) is 1.49. The fourth-order valence-corrected chi connectivity index (χ4v) is 2.71. The number of nitrogens with zero attached hydrogens (tertiary/aromatic N) is 2. The van der Waals surface area contributed by atoms with Crippen LogP contribution in [-0.2, 0) is 17.6 Å². The topological polar surface area (TPSA) is 73.1 Å². The van der Waals surface area contributed by atoms with Gasteiger partial charge in [0.05, 0.1) is 6.10 Å². The molecule has 2 heterocycles. The third kappa shape index (κ3) is 1.89. The second-order valence-corrected chi connectivity index (χ2v) is 4.87. The number of hydrogen-bond acceptors (Lipinski definition) is 5. The van der Waals surface area contributed by atoms with E-state index in [0.29, 0.717) is 6.10 Å². The number of hydrazine groups is 1. The Labute approximate surface area is 101 Å². The standard InChI is InChI=1S/C12H18N4O/c1-7-5-6-10(17-7)12-14-9-4-2-3-8(9)11(15-12)16-13/h7,10H,2-6,13H2,1H3,(H,14,15,16). The van der Waals surface area contributed by atoms with Crippen LogP contribution < -0.4 is 11.3 Å². The van der Waals surface area contributed by atoms with Crippen LogP contribution in [0.4, 0.5) is 5.82 Å². The second kappa shape index (κ2) is 4.23. The van der Waals surface area contributed by atoms with Crippen molar-refractivity contribution in [2.24, 2.45) is 5.84 Å². The highest BCUT2D eigenvalue weighted by Gasteiger charge is 2.28. The van der Waals surface area contributed by atoms with E-state index in [-0.39, 0.29) is 6.10 Å². The van der Waals surface area contributed by atoms with Crippen molar-refractivity contribution in [3.05, 3.63) is 17.1 Å². The number of nitrogens with two attached hydrogens (primary N) is 1.